The van der Waals surface area contributed by atoms with E-state index >= 15 is 0 Å². The van der Waals surface area contributed by atoms with Gasteiger partial charge in [-0.25, -0.2) is 9.98 Å². The number of aromatic nitrogens is 1. The standard InChI is InChI=1S/C34H37N5O/c1-4-16-39(17-5-2)23-24-18-25(6-13-33(24)40-3)34-15-14-31(38-34)21-30-10-9-27(36-30)19-26-7-8-28(35-26)20-29-11-12-32(22-34)37-29/h6-14,18-22,35,38H,4-5,15-17,23H2,1-3H3. The van der Waals surface area contributed by atoms with Gasteiger partial charge in [-0.15, -0.1) is 0 Å². The first-order valence-corrected chi connectivity index (χ1v) is 14.3. The normalized spacial score (nSPS) is 20.8. The van der Waals surface area contributed by atoms with Gasteiger partial charge in [0.2, 0.25) is 0 Å². The van der Waals surface area contributed by atoms with Crippen molar-refractivity contribution in [2.75, 3.05) is 20.2 Å². The maximum atomic E-state index is 5.82. The molecular weight excluding hydrogens is 494 g/mol. The van der Waals surface area contributed by atoms with Crippen LogP contribution in [0.5, 0.6) is 5.75 Å². The lowest BCUT2D eigenvalue weighted by Gasteiger charge is -2.30. The van der Waals surface area contributed by atoms with Crippen LogP contribution in [0.4, 0.5) is 0 Å². The molecule has 0 amide bonds. The van der Waals surface area contributed by atoms with E-state index in [2.05, 4.69) is 114 Å². The fourth-order valence-electron chi connectivity index (χ4n) is 5.86. The second-order valence-electron chi connectivity index (χ2n) is 10.8. The summed E-state index contributed by atoms with van der Waals surface area (Å²) in [5.74, 6) is 0.932. The molecule has 1 aromatic carbocycles. The Morgan fingerprint density at radius 1 is 0.875 bits per heavy atom. The highest BCUT2D eigenvalue weighted by Crippen LogP contribution is 2.38. The molecule has 4 aliphatic rings. The highest BCUT2D eigenvalue weighted by molar-refractivity contribution is 6.20. The van der Waals surface area contributed by atoms with Gasteiger partial charge in [-0.1, -0.05) is 26.0 Å². The molecule has 0 saturated carbocycles. The van der Waals surface area contributed by atoms with Gasteiger partial charge in [-0.2, -0.15) is 0 Å². The number of allylic oxidation sites excluding steroid dienone is 5. The van der Waals surface area contributed by atoms with Gasteiger partial charge in [-0.3, -0.25) is 4.90 Å². The number of H-pyrrole nitrogens is 1. The number of aromatic amines is 1. The predicted molar refractivity (Wildman–Crippen MR) is 165 cm³/mol. The summed E-state index contributed by atoms with van der Waals surface area (Å²) in [4.78, 5) is 15.8. The summed E-state index contributed by atoms with van der Waals surface area (Å²) in [6.07, 6.45) is 22.2. The van der Waals surface area contributed by atoms with Gasteiger partial charge < -0.3 is 15.0 Å². The van der Waals surface area contributed by atoms with E-state index in [9.17, 15) is 0 Å². The van der Waals surface area contributed by atoms with Crippen molar-refractivity contribution in [1.29, 1.82) is 0 Å². The predicted octanol–water partition coefficient (Wildman–Crippen LogP) is 4.78. The molecule has 0 fully saturated rings. The summed E-state index contributed by atoms with van der Waals surface area (Å²) in [6, 6.07) is 10.8. The number of hydrogen-bond donors (Lipinski definition) is 2. The Morgan fingerprint density at radius 3 is 2.27 bits per heavy atom. The number of nitrogens with zero attached hydrogens (tertiary/aromatic N) is 3. The average molecular weight is 532 g/mol. The Kier molecular flexibility index (Phi) is 7.27. The van der Waals surface area contributed by atoms with Gasteiger partial charge in [0.25, 0.3) is 0 Å². The number of nitrogens with one attached hydrogen (secondary N) is 2. The second-order valence-corrected chi connectivity index (χ2v) is 10.8. The van der Waals surface area contributed by atoms with Crippen LogP contribution in [0.3, 0.4) is 0 Å². The highest BCUT2D eigenvalue weighted by atomic mass is 16.5. The van der Waals surface area contributed by atoms with Crippen LogP contribution in [-0.2, 0) is 12.1 Å². The molecule has 1 unspecified atom stereocenters. The van der Waals surface area contributed by atoms with E-state index in [4.69, 9.17) is 14.7 Å². The van der Waals surface area contributed by atoms with Gasteiger partial charge >= 0.3 is 0 Å². The smallest absolute Gasteiger partial charge is 0.123 e. The minimum Gasteiger partial charge on any atom is -0.496 e. The quantitative estimate of drug-likeness (QED) is 0.515. The largest absolute Gasteiger partial charge is 0.496 e. The van der Waals surface area contributed by atoms with Crippen molar-refractivity contribution in [3.8, 4) is 5.75 Å². The third-order valence-corrected chi connectivity index (χ3v) is 7.68. The lowest BCUT2D eigenvalue weighted by molar-refractivity contribution is 0.261. The molecule has 5 heterocycles. The molecular formula is C34H37N5O. The minimum atomic E-state index is -0.440. The van der Waals surface area contributed by atoms with Crippen LogP contribution in [0.25, 0.3) is 12.2 Å². The summed E-state index contributed by atoms with van der Waals surface area (Å²) in [7, 11) is 1.76. The Hall–Kier alpha value is -4.16. The average Bonchev–Trinajstić information content (AvgIpc) is 3.75. The number of benzene rings is 1. The van der Waals surface area contributed by atoms with Gasteiger partial charge in [0.15, 0.2) is 0 Å². The summed E-state index contributed by atoms with van der Waals surface area (Å²) in [6.45, 7) is 7.49. The summed E-state index contributed by atoms with van der Waals surface area (Å²) < 4.78 is 5.82. The Balaban J connectivity index is 1.44. The molecule has 0 spiro atoms. The molecule has 0 radical (unpaired) electrons. The molecule has 40 heavy (non-hydrogen) atoms. The van der Waals surface area contributed by atoms with Crippen LogP contribution < -0.4 is 20.8 Å². The van der Waals surface area contributed by atoms with Crippen molar-refractivity contribution in [2.45, 2.75) is 45.2 Å². The fraction of sp³-hybridized carbons (Fsp3) is 0.294. The molecule has 0 saturated heterocycles. The first-order valence-electron chi connectivity index (χ1n) is 14.3. The van der Waals surface area contributed by atoms with Crippen molar-refractivity contribution in [3.63, 3.8) is 0 Å². The molecule has 2 aromatic rings. The zero-order valence-electron chi connectivity index (χ0n) is 23.6. The van der Waals surface area contributed by atoms with Crippen molar-refractivity contribution >= 4 is 23.6 Å². The van der Waals surface area contributed by atoms with E-state index in [1.165, 1.54) is 11.1 Å². The van der Waals surface area contributed by atoms with Gasteiger partial charge in [-0.05, 0) is 111 Å². The number of fused-ring (bicyclic) bond motifs is 6. The minimum absolute atomic E-state index is 0.440. The Bertz CT molecular complexity index is 1640. The van der Waals surface area contributed by atoms with Crippen LogP contribution in [0.15, 0.2) is 99.9 Å². The van der Waals surface area contributed by atoms with E-state index in [0.717, 1.165) is 83.9 Å². The van der Waals surface area contributed by atoms with E-state index < -0.39 is 5.54 Å². The van der Waals surface area contributed by atoms with Crippen molar-refractivity contribution in [1.82, 2.24) is 15.2 Å². The van der Waals surface area contributed by atoms with Crippen LogP contribution in [0.2, 0.25) is 0 Å². The maximum absolute atomic E-state index is 5.82. The number of hydrogen-bond acceptors (Lipinski definition) is 5. The van der Waals surface area contributed by atoms with E-state index in [-0.39, 0.29) is 0 Å². The lowest BCUT2D eigenvalue weighted by Crippen LogP contribution is -2.36. The summed E-state index contributed by atoms with van der Waals surface area (Å²) in [5.41, 5.74) is 6.77. The van der Waals surface area contributed by atoms with Gasteiger partial charge in [0, 0.05) is 28.5 Å². The number of aliphatic imine (C=N–C) groups is 2. The molecule has 1 atom stereocenters. The molecule has 6 heteroatoms. The monoisotopic (exact) mass is 531 g/mol. The topological polar surface area (TPSA) is 65.0 Å². The van der Waals surface area contributed by atoms with Gasteiger partial charge in [0.05, 0.1) is 35.5 Å². The summed E-state index contributed by atoms with van der Waals surface area (Å²) >= 11 is 0. The first-order chi connectivity index (χ1) is 19.6. The van der Waals surface area contributed by atoms with E-state index in [1.54, 1.807) is 7.11 Å². The molecule has 204 valence electrons. The number of ether oxygens (including phenoxy) is 1. The van der Waals surface area contributed by atoms with Crippen molar-refractivity contribution in [3.05, 3.63) is 112 Å². The third kappa shape index (κ3) is 5.45. The highest BCUT2D eigenvalue weighted by Gasteiger charge is 2.35. The van der Waals surface area contributed by atoms with Crippen molar-refractivity contribution < 1.29 is 4.74 Å². The van der Waals surface area contributed by atoms with Crippen LogP contribution in [0.1, 0.15) is 44.2 Å². The molecule has 8 bridgehead atoms. The summed E-state index contributed by atoms with van der Waals surface area (Å²) in [5, 5.41) is 5.89. The van der Waals surface area contributed by atoms with Crippen molar-refractivity contribution in [2.24, 2.45) is 9.98 Å². The van der Waals surface area contributed by atoms with Crippen LogP contribution in [0, 0.1) is 0 Å². The molecule has 4 aliphatic heterocycles. The van der Waals surface area contributed by atoms with Crippen LogP contribution in [-0.4, -0.2) is 41.5 Å². The first kappa shape index (κ1) is 26.1. The number of methoxy groups -OCH3 is 1. The van der Waals surface area contributed by atoms with Crippen LogP contribution >= 0.6 is 0 Å². The van der Waals surface area contributed by atoms with E-state index in [0.29, 0.717) is 0 Å². The zero-order valence-corrected chi connectivity index (χ0v) is 23.6. The lowest BCUT2D eigenvalue weighted by atomic mass is 9.86. The molecule has 6 nitrogen and oxygen atoms in total. The molecule has 0 aliphatic carbocycles. The number of rotatable bonds is 8. The zero-order chi connectivity index (χ0) is 27.5. The van der Waals surface area contributed by atoms with Gasteiger partial charge in [0.1, 0.15) is 5.75 Å². The second kappa shape index (κ2) is 11.1. The van der Waals surface area contributed by atoms with E-state index in [1.807, 2.05) is 0 Å². The Labute approximate surface area is 236 Å². The Morgan fingerprint density at radius 2 is 1.57 bits per heavy atom. The molecule has 2 N–H and O–H groups in total. The molecule has 6 rings (SSSR count). The third-order valence-electron chi connectivity index (χ3n) is 7.68. The SMILES string of the molecule is CCCN(CCC)Cc1cc(C23C=C4C=CC(=N4)C=c4ccc([nH]4)=CC4=NC(=CC(=CC2)N3)C=C4)ccc1OC. The molecule has 1 aromatic heterocycles. The maximum Gasteiger partial charge on any atom is 0.123 e. The fourth-order valence-corrected chi connectivity index (χ4v) is 5.86.